The molecule has 0 aliphatic rings. The molecule has 1 atom stereocenters. The number of aryl methyl sites for hydroxylation is 2. The molecule has 90 valence electrons. The van der Waals surface area contributed by atoms with Crippen molar-refractivity contribution in [2.75, 3.05) is 0 Å². The Balaban J connectivity index is 2.39. The van der Waals surface area contributed by atoms with E-state index in [0.717, 1.165) is 17.7 Å². The maximum Gasteiger partial charge on any atom is 0.123 e. The Labute approximate surface area is 99.5 Å². The van der Waals surface area contributed by atoms with E-state index in [2.05, 4.69) is 5.10 Å². The van der Waals surface area contributed by atoms with Gasteiger partial charge < -0.3 is 5.11 Å². The van der Waals surface area contributed by atoms with Gasteiger partial charge in [-0.15, -0.1) is 0 Å². The molecule has 0 aliphatic heterocycles. The van der Waals surface area contributed by atoms with Crippen LogP contribution in [0.25, 0.3) is 0 Å². The zero-order valence-electron chi connectivity index (χ0n) is 9.89. The van der Waals surface area contributed by atoms with E-state index in [4.69, 9.17) is 0 Å². The van der Waals surface area contributed by atoms with Crippen molar-refractivity contribution in [1.29, 1.82) is 0 Å². The van der Waals surface area contributed by atoms with E-state index in [1.165, 1.54) is 12.1 Å². The molecule has 0 bridgehead atoms. The lowest BCUT2D eigenvalue weighted by Crippen LogP contribution is -2.02. The van der Waals surface area contributed by atoms with Crippen LogP contribution in [-0.4, -0.2) is 14.9 Å². The molecule has 1 unspecified atom stereocenters. The molecule has 1 N–H and O–H groups in total. The second-order valence-corrected chi connectivity index (χ2v) is 4.02. The van der Waals surface area contributed by atoms with Crippen LogP contribution in [0.2, 0.25) is 0 Å². The Hall–Kier alpha value is -1.68. The third kappa shape index (κ3) is 2.36. The fourth-order valence-corrected chi connectivity index (χ4v) is 1.91. The molecule has 1 heterocycles. The molecule has 0 aliphatic carbocycles. The van der Waals surface area contributed by atoms with E-state index in [0.29, 0.717) is 5.56 Å². The van der Waals surface area contributed by atoms with E-state index in [-0.39, 0.29) is 5.82 Å². The first-order valence-corrected chi connectivity index (χ1v) is 5.57. The van der Waals surface area contributed by atoms with E-state index < -0.39 is 6.10 Å². The fourth-order valence-electron chi connectivity index (χ4n) is 1.91. The highest BCUT2D eigenvalue weighted by Crippen LogP contribution is 2.25. The van der Waals surface area contributed by atoms with E-state index in [9.17, 15) is 9.50 Å². The standard InChI is InChI=1S/C13H15FN2O/c1-3-12-11(8-16(2)15-12)13(17)9-5-4-6-10(14)7-9/h4-8,13,17H,3H2,1-2H3. The first-order chi connectivity index (χ1) is 8.11. The largest absolute Gasteiger partial charge is 0.384 e. The van der Waals surface area contributed by atoms with Gasteiger partial charge in [0, 0.05) is 18.8 Å². The number of hydrogen-bond acceptors (Lipinski definition) is 2. The third-order valence-corrected chi connectivity index (χ3v) is 2.73. The predicted molar refractivity (Wildman–Crippen MR) is 63.0 cm³/mol. The van der Waals surface area contributed by atoms with Crippen molar-refractivity contribution in [3.8, 4) is 0 Å². The van der Waals surface area contributed by atoms with Crippen molar-refractivity contribution in [3.05, 3.63) is 53.1 Å². The average Bonchev–Trinajstić information content (AvgIpc) is 2.69. The molecule has 3 nitrogen and oxygen atoms in total. The first kappa shape index (κ1) is 11.8. The molecule has 2 aromatic rings. The molecule has 1 aromatic heterocycles. The predicted octanol–water partition coefficient (Wildman–Crippen LogP) is 2.20. The van der Waals surface area contributed by atoms with Crippen LogP contribution in [0.15, 0.2) is 30.5 Å². The SMILES string of the molecule is CCc1nn(C)cc1C(O)c1cccc(F)c1. The van der Waals surface area contributed by atoms with Crippen LogP contribution >= 0.6 is 0 Å². The first-order valence-electron chi connectivity index (χ1n) is 5.57. The summed E-state index contributed by atoms with van der Waals surface area (Å²) in [5, 5.41) is 14.5. The lowest BCUT2D eigenvalue weighted by molar-refractivity contribution is 0.218. The second kappa shape index (κ2) is 4.67. The molecular formula is C13H15FN2O. The van der Waals surface area contributed by atoms with Crippen LogP contribution in [0.3, 0.4) is 0 Å². The molecule has 1 aromatic carbocycles. The maximum atomic E-state index is 13.1. The topological polar surface area (TPSA) is 38.0 Å². The molecule has 0 spiro atoms. The van der Waals surface area contributed by atoms with Crippen molar-refractivity contribution >= 4 is 0 Å². The monoisotopic (exact) mass is 234 g/mol. The summed E-state index contributed by atoms with van der Waals surface area (Å²) >= 11 is 0. The number of aliphatic hydroxyl groups excluding tert-OH is 1. The van der Waals surface area contributed by atoms with E-state index in [1.807, 2.05) is 6.92 Å². The molecule has 4 heteroatoms. The van der Waals surface area contributed by atoms with E-state index >= 15 is 0 Å². The molecule has 0 fully saturated rings. The van der Waals surface area contributed by atoms with Crippen molar-refractivity contribution < 1.29 is 9.50 Å². The van der Waals surface area contributed by atoms with Crippen LogP contribution in [0.4, 0.5) is 4.39 Å². The Morgan fingerprint density at radius 2 is 2.24 bits per heavy atom. The number of hydrogen-bond donors (Lipinski definition) is 1. The Bertz CT molecular complexity index is 522. The quantitative estimate of drug-likeness (QED) is 0.884. The van der Waals surface area contributed by atoms with Gasteiger partial charge in [-0.1, -0.05) is 19.1 Å². The number of aromatic nitrogens is 2. The number of nitrogens with zero attached hydrogens (tertiary/aromatic N) is 2. The summed E-state index contributed by atoms with van der Waals surface area (Å²) < 4.78 is 14.8. The van der Waals surface area contributed by atoms with Crippen molar-refractivity contribution in [1.82, 2.24) is 9.78 Å². The van der Waals surface area contributed by atoms with Gasteiger partial charge in [-0.05, 0) is 24.1 Å². The van der Waals surface area contributed by atoms with Crippen LogP contribution < -0.4 is 0 Å². The number of aliphatic hydroxyl groups is 1. The van der Waals surface area contributed by atoms with Gasteiger partial charge in [0.15, 0.2) is 0 Å². The van der Waals surface area contributed by atoms with E-state index in [1.54, 1.807) is 30.1 Å². The third-order valence-electron chi connectivity index (χ3n) is 2.73. The minimum atomic E-state index is -0.825. The van der Waals surface area contributed by atoms with Crippen LogP contribution in [0.1, 0.15) is 29.8 Å². The van der Waals surface area contributed by atoms with Gasteiger partial charge in [0.05, 0.1) is 5.69 Å². The Morgan fingerprint density at radius 1 is 1.47 bits per heavy atom. The lowest BCUT2D eigenvalue weighted by atomic mass is 10.0. The minimum Gasteiger partial charge on any atom is -0.384 e. The van der Waals surface area contributed by atoms with Gasteiger partial charge in [0.1, 0.15) is 11.9 Å². The molecule has 0 saturated heterocycles. The molecular weight excluding hydrogens is 219 g/mol. The normalized spacial score (nSPS) is 12.7. The lowest BCUT2D eigenvalue weighted by Gasteiger charge is -2.10. The molecule has 17 heavy (non-hydrogen) atoms. The van der Waals surface area contributed by atoms with Gasteiger partial charge in [-0.3, -0.25) is 4.68 Å². The average molecular weight is 234 g/mol. The fraction of sp³-hybridized carbons (Fsp3) is 0.308. The van der Waals surface area contributed by atoms with Gasteiger partial charge >= 0.3 is 0 Å². The minimum absolute atomic E-state index is 0.344. The van der Waals surface area contributed by atoms with Gasteiger partial charge in [0.2, 0.25) is 0 Å². The highest BCUT2D eigenvalue weighted by Gasteiger charge is 2.17. The molecule has 0 amide bonds. The Morgan fingerprint density at radius 3 is 2.88 bits per heavy atom. The van der Waals surface area contributed by atoms with Gasteiger partial charge in [0.25, 0.3) is 0 Å². The van der Waals surface area contributed by atoms with Gasteiger partial charge in [-0.25, -0.2) is 4.39 Å². The number of rotatable bonds is 3. The second-order valence-electron chi connectivity index (χ2n) is 4.02. The van der Waals surface area contributed by atoms with Crippen LogP contribution in [0, 0.1) is 5.82 Å². The van der Waals surface area contributed by atoms with Crippen molar-refractivity contribution in [2.24, 2.45) is 7.05 Å². The molecule has 0 saturated carbocycles. The smallest absolute Gasteiger partial charge is 0.123 e. The summed E-state index contributed by atoms with van der Waals surface area (Å²) in [7, 11) is 1.81. The Kier molecular flexibility index (Phi) is 3.24. The number of benzene rings is 1. The maximum absolute atomic E-state index is 13.1. The summed E-state index contributed by atoms with van der Waals surface area (Å²) in [6, 6.07) is 6.01. The molecule has 2 rings (SSSR count). The highest BCUT2D eigenvalue weighted by atomic mass is 19.1. The van der Waals surface area contributed by atoms with Crippen molar-refractivity contribution in [2.45, 2.75) is 19.4 Å². The summed E-state index contributed by atoms with van der Waals surface area (Å²) in [5.74, 6) is -0.344. The van der Waals surface area contributed by atoms with Gasteiger partial charge in [-0.2, -0.15) is 5.10 Å². The van der Waals surface area contributed by atoms with Crippen LogP contribution in [-0.2, 0) is 13.5 Å². The summed E-state index contributed by atoms with van der Waals surface area (Å²) in [4.78, 5) is 0. The summed E-state index contributed by atoms with van der Waals surface area (Å²) in [6.45, 7) is 1.98. The summed E-state index contributed by atoms with van der Waals surface area (Å²) in [5.41, 5.74) is 2.12. The number of halogens is 1. The van der Waals surface area contributed by atoms with Crippen molar-refractivity contribution in [3.63, 3.8) is 0 Å². The zero-order chi connectivity index (χ0) is 12.4. The summed E-state index contributed by atoms with van der Waals surface area (Å²) in [6.07, 6.45) is 1.69. The zero-order valence-corrected chi connectivity index (χ0v) is 9.89. The highest BCUT2D eigenvalue weighted by molar-refractivity contribution is 5.31. The van der Waals surface area contributed by atoms with Crippen LogP contribution in [0.5, 0.6) is 0 Å². The molecule has 0 radical (unpaired) electrons.